The van der Waals surface area contributed by atoms with Crippen LogP contribution in [0.5, 0.6) is 11.5 Å². The number of ether oxygens (including phenoxy) is 3. The molecule has 7 nitrogen and oxygen atoms in total. The molecule has 0 radical (unpaired) electrons. The molecule has 1 aliphatic heterocycles. The summed E-state index contributed by atoms with van der Waals surface area (Å²) in [6.45, 7) is 2.91. The molecule has 1 saturated heterocycles. The number of nitrogens with two attached hydrogens (primary N) is 1. The second-order valence-corrected chi connectivity index (χ2v) is 9.08. The van der Waals surface area contributed by atoms with Crippen LogP contribution in [0.3, 0.4) is 0 Å². The smallest absolute Gasteiger partial charge is 0.416 e. The zero-order chi connectivity index (χ0) is 24.7. The van der Waals surface area contributed by atoms with E-state index < -0.39 is 17.8 Å². The van der Waals surface area contributed by atoms with E-state index in [0.717, 1.165) is 31.4 Å². The largest absolute Gasteiger partial charge is 0.493 e. The van der Waals surface area contributed by atoms with Gasteiger partial charge in [0.2, 0.25) is 0 Å². The summed E-state index contributed by atoms with van der Waals surface area (Å²) in [5.74, 6) is 2.59. The van der Waals surface area contributed by atoms with Crippen LogP contribution in [0, 0.1) is 0 Å². The van der Waals surface area contributed by atoms with Crippen LogP contribution in [0.4, 0.5) is 24.7 Å². The zero-order valence-electron chi connectivity index (χ0n) is 19.5. The molecule has 0 amide bonds. The highest BCUT2D eigenvalue weighted by Gasteiger charge is 2.32. The first-order valence-electron chi connectivity index (χ1n) is 11.6. The first-order chi connectivity index (χ1) is 16.7. The van der Waals surface area contributed by atoms with Gasteiger partial charge in [-0.3, -0.25) is 0 Å². The Labute approximate surface area is 200 Å². The number of anilines is 2. The van der Waals surface area contributed by atoms with Crippen LogP contribution in [0.2, 0.25) is 0 Å². The van der Waals surface area contributed by atoms with Crippen LogP contribution in [-0.4, -0.2) is 36.4 Å². The zero-order valence-corrected chi connectivity index (χ0v) is 19.5. The lowest BCUT2D eigenvalue weighted by Crippen LogP contribution is -2.16. The average molecular weight is 489 g/mol. The molecule has 2 atom stereocenters. The summed E-state index contributed by atoms with van der Waals surface area (Å²) in [6, 6.07) is 6.71. The quantitative estimate of drug-likeness (QED) is 0.427. The van der Waals surface area contributed by atoms with Gasteiger partial charge in [0, 0.05) is 29.5 Å². The summed E-state index contributed by atoms with van der Waals surface area (Å²) in [5, 5.41) is 3.98. The molecule has 2 fully saturated rings. The van der Waals surface area contributed by atoms with Crippen molar-refractivity contribution in [2.24, 2.45) is 0 Å². The highest BCUT2D eigenvalue weighted by molar-refractivity contribution is 5.92. The van der Waals surface area contributed by atoms with Crippen molar-refractivity contribution in [3.8, 4) is 11.5 Å². The maximum absolute atomic E-state index is 13.3. The van der Waals surface area contributed by atoms with Gasteiger partial charge in [0.05, 0.1) is 37.4 Å². The molecule has 2 aromatic carbocycles. The number of nitrogens with zero attached hydrogens (tertiary/aromatic N) is 2. The minimum absolute atomic E-state index is 0.0499. The summed E-state index contributed by atoms with van der Waals surface area (Å²) >= 11 is 0. The Balaban J connectivity index is 1.54. The van der Waals surface area contributed by atoms with Crippen molar-refractivity contribution < 1.29 is 27.4 Å². The summed E-state index contributed by atoms with van der Waals surface area (Å²) in [7, 11) is 1.57. The number of hydrogen-bond donors (Lipinski definition) is 2. The van der Waals surface area contributed by atoms with E-state index in [9.17, 15) is 13.2 Å². The SMILES string of the molecule is COc1cc2nc(C3CC3)nc(NC(C)c3cc(N)cc(C(F)(F)F)c3)c2cc1O[C@H]1CCOC1. The molecule has 1 saturated carbocycles. The summed E-state index contributed by atoms with van der Waals surface area (Å²) in [5.41, 5.74) is 6.13. The normalized spacial score (nSPS) is 19.1. The van der Waals surface area contributed by atoms with Gasteiger partial charge in [-0.05, 0) is 49.6 Å². The number of aromatic nitrogens is 2. The molecule has 2 heterocycles. The molecule has 0 bridgehead atoms. The predicted molar refractivity (Wildman–Crippen MR) is 126 cm³/mol. The molecule has 10 heteroatoms. The van der Waals surface area contributed by atoms with E-state index in [2.05, 4.69) is 5.32 Å². The van der Waals surface area contributed by atoms with Gasteiger partial charge in [0.15, 0.2) is 11.5 Å². The van der Waals surface area contributed by atoms with Gasteiger partial charge in [-0.25, -0.2) is 9.97 Å². The third-order valence-electron chi connectivity index (χ3n) is 6.28. The average Bonchev–Trinajstić information content (AvgIpc) is 3.54. The van der Waals surface area contributed by atoms with E-state index in [0.29, 0.717) is 52.8 Å². The molecule has 1 aromatic heterocycles. The van der Waals surface area contributed by atoms with Crippen molar-refractivity contribution in [2.75, 3.05) is 31.4 Å². The molecule has 1 unspecified atom stereocenters. The summed E-state index contributed by atoms with van der Waals surface area (Å²) < 4.78 is 57.2. The Morgan fingerprint density at radius 3 is 2.54 bits per heavy atom. The summed E-state index contributed by atoms with van der Waals surface area (Å²) in [4.78, 5) is 9.49. The topological polar surface area (TPSA) is 91.5 Å². The molecule has 5 rings (SSSR count). The monoisotopic (exact) mass is 488 g/mol. The highest BCUT2D eigenvalue weighted by atomic mass is 19.4. The van der Waals surface area contributed by atoms with E-state index in [4.69, 9.17) is 29.9 Å². The van der Waals surface area contributed by atoms with Crippen LogP contribution in [0.15, 0.2) is 30.3 Å². The Kier molecular flexibility index (Phi) is 6.08. The molecular weight excluding hydrogens is 461 g/mol. The third-order valence-corrected chi connectivity index (χ3v) is 6.28. The number of methoxy groups -OCH3 is 1. The van der Waals surface area contributed by atoms with Crippen molar-refractivity contribution in [1.82, 2.24) is 9.97 Å². The number of halogens is 3. The van der Waals surface area contributed by atoms with Gasteiger partial charge in [0.1, 0.15) is 17.7 Å². The number of fused-ring (bicyclic) bond motifs is 1. The lowest BCUT2D eigenvalue weighted by molar-refractivity contribution is -0.137. The van der Waals surface area contributed by atoms with Gasteiger partial charge < -0.3 is 25.3 Å². The van der Waals surface area contributed by atoms with E-state index >= 15 is 0 Å². The lowest BCUT2D eigenvalue weighted by atomic mass is 10.0. The van der Waals surface area contributed by atoms with Crippen LogP contribution >= 0.6 is 0 Å². The number of nitrogens with one attached hydrogen (secondary N) is 1. The third kappa shape index (κ3) is 5.07. The maximum atomic E-state index is 13.3. The minimum Gasteiger partial charge on any atom is -0.493 e. The Bertz CT molecular complexity index is 1240. The molecule has 3 aromatic rings. The molecule has 35 heavy (non-hydrogen) atoms. The van der Waals surface area contributed by atoms with Crippen molar-refractivity contribution in [2.45, 2.75) is 50.4 Å². The van der Waals surface area contributed by atoms with Crippen molar-refractivity contribution in [3.05, 3.63) is 47.3 Å². The van der Waals surface area contributed by atoms with Gasteiger partial charge in [0.25, 0.3) is 0 Å². The number of nitrogen functional groups attached to an aromatic ring is 1. The van der Waals surface area contributed by atoms with Gasteiger partial charge in [-0.2, -0.15) is 13.2 Å². The van der Waals surface area contributed by atoms with E-state index in [-0.39, 0.29) is 17.7 Å². The summed E-state index contributed by atoms with van der Waals surface area (Å²) in [6.07, 6.45) is -1.79. The van der Waals surface area contributed by atoms with Gasteiger partial charge >= 0.3 is 6.18 Å². The van der Waals surface area contributed by atoms with Crippen LogP contribution < -0.4 is 20.5 Å². The number of benzene rings is 2. The maximum Gasteiger partial charge on any atom is 0.416 e. The second kappa shape index (κ2) is 9.07. The molecular formula is C25H27F3N4O3. The molecule has 2 aliphatic rings. The molecule has 186 valence electrons. The fraction of sp³-hybridized carbons (Fsp3) is 0.440. The lowest BCUT2D eigenvalue weighted by Gasteiger charge is -2.20. The number of hydrogen-bond acceptors (Lipinski definition) is 7. The molecule has 1 aliphatic carbocycles. The fourth-order valence-corrected chi connectivity index (χ4v) is 4.20. The first-order valence-corrected chi connectivity index (χ1v) is 11.6. The van der Waals surface area contributed by atoms with E-state index in [1.54, 1.807) is 14.0 Å². The van der Waals surface area contributed by atoms with Crippen LogP contribution in [0.1, 0.15) is 55.1 Å². The molecule has 3 N–H and O–H groups in total. The highest BCUT2D eigenvalue weighted by Crippen LogP contribution is 2.42. The van der Waals surface area contributed by atoms with E-state index in [1.165, 1.54) is 6.07 Å². The Morgan fingerprint density at radius 2 is 1.89 bits per heavy atom. The standard InChI is InChI=1S/C25H27F3N4O3/c1-13(15-7-16(25(26,27)28)9-17(29)8-15)30-24-19-10-22(35-18-5-6-34-12-18)21(33-2)11-20(19)31-23(32-24)14-3-4-14/h7-11,13-14,18H,3-6,12,29H2,1-2H3,(H,30,31,32)/t13?,18-/m0/s1. The Morgan fingerprint density at radius 1 is 1.09 bits per heavy atom. The fourth-order valence-electron chi connectivity index (χ4n) is 4.20. The minimum atomic E-state index is -4.49. The van der Waals surface area contributed by atoms with Crippen LogP contribution in [0.25, 0.3) is 10.9 Å². The van der Waals surface area contributed by atoms with Gasteiger partial charge in [-0.15, -0.1) is 0 Å². The van der Waals surface area contributed by atoms with Crippen molar-refractivity contribution in [1.29, 1.82) is 0 Å². The second-order valence-electron chi connectivity index (χ2n) is 9.08. The van der Waals surface area contributed by atoms with Gasteiger partial charge in [-0.1, -0.05) is 0 Å². The number of alkyl halides is 3. The van der Waals surface area contributed by atoms with Crippen molar-refractivity contribution >= 4 is 22.4 Å². The van der Waals surface area contributed by atoms with E-state index in [1.807, 2.05) is 12.1 Å². The molecule has 0 spiro atoms. The Hall–Kier alpha value is -3.27. The predicted octanol–water partition coefficient (Wildman–Crippen LogP) is 5.46. The van der Waals surface area contributed by atoms with Crippen LogP contribution in [-0.2, 0) is 10.9 Å². The number of rotatable bonds is 7. The van der Waals surface area contributed by atoms with Crippen molar-refractivity contribution in [3.63, 3.8) is 0 Å². The first kappa shape index (κ1) is 23.5.